The zero-order valence-corrected chi connectivity index (χ0v) is 18.4. The molecule has 2 aliphatic rings. The molecule has 164 valence electrons. The van der Waals surface area contributed by atoms with Crippen molar-refractivity contribution in [3.63, 3.8) is 0 Å². The second kappa shape index (κ2) is 8.09. The summed E-state index contributed by atoms with van der Waals surface area (Å²) in [5.41, 5.74) is 3.06. The van der Waals surface area contributed by atoms with Crippen LogP contribution in [0.3, 0.4) is 0 Å². The molecule has 2 amide bonds. The first-order chi connectivity index (χ1) is 14.7. The Hall–Kier alpha value is -2.71. The molecule has 31 heavy (non-hydrogen) atoms. The largest absolute Gasteiger partial charge is 0.395 e. The van der Waals surface area contributed by atoms with Crippen LogP contribution in [0.2, 0.25) is 0 Å². The van der Waals surface area contributed by atoms with Gasteiger partial charge in [0.15, 0.2) is 9.84 Å². The van der Waals surface area contributed by atoms with Crippen LogP contribution >= 0.6 is 0 Å². The number of carbonyl (C=O) groups excluding carboxylic acids is 2. The van der Waals surface area contributed by atoms with E-state index in [0.717, 1.165) is 24.0 Å². The van der Waals surface area contributed by atoms with E-state index in [4.69, 9.17) is 5.11 Å². The highest BCUT2D eigenvalue weighted by molar-refractivity contribution is 7.91. The summed E-state index contributed by atoms with van der Waals surface area (Å²) >= 11 is 0. The molecule has 0 aromatic heterocycles. The molecule has 0 bridgehead atoms. The summed E-state index contributed by atoms with van der Waals surface area (Å²) in [5, 5.41) is 8.96. The molecule has 0 saturated heterocycles. The molecule has 1 aliphatic carbocycles. The molecular weight excluding hydrogens is 416 g/mol. The fraction of sp³-hybridized carbons (Fsp3) is 0.391. The van der Waals surface area contributed by atoms with Crippen molar-refractivity contribution in [2.24, 2.45) is 5.92 Å². The zero-order chi connectivity index (χ0) is 22.3. The molecule has 7 nitrogen and oxygen atoms in total. The number of fused-ring (bicyclic) bond motifs is 1. The maximum atomic E-state index is 12.9. The monoisotopic (exact) mass is 442 g/mol. The molecule has 0 unspecified atom stereocenters. The third-order valence-corrected chi connectivity index (χ3v) is 7.56. The minimum Gasteiger partial charge on any atom is -0.395 e. The molecule has 1 heterocycles. The van der Waals surface area contributed by atoms with Crippen molar-refractivity contribution in [1.82, 2.24) is 0 Å². The molecule has 1 atom stereocenters. The number of carbonyl (C=O) groups is 2. The molecule has 2 aromatic carbocycles. The third-order valence-electron chi connectivity index (χ3n) is 5.85. The lowest BCUT2D eigenvalue weighted by molar-refractivity contribution is -0.120. The fourth-order valence-electron chi connectivity index (χ4n) is 4.14. The highest BCUT2D eigenvalue weighted by Gasteiger charge is 2.39. The van der Waals surface area contributed by atoms with E-state index in [1.807, 2.05) is 25.1 Å². The second-order valence-corrected chi connectivity index (χ2v) is 10.3. The number of aliphatic hydroxyl groups is 1. The van der Waals surface area contributed by atoms with Gasteiger partial charge in [-0.25, -0.2) is 8.42 Å². The van der Waals surface area contributed by atoms with E-state index in [2.05, 4.69) is 0 Å². The van der Waals surface area contributed by atoms with Crippen LogP contribution in [0.15, 0.2) is 47.4 Å². The topological polar surface area (TPSA) is 95.0 Å². The Kier molecular flexibility index (Phi) is 5.61. The standard InChI is InChI=1S/C23H26N2O5S/c1-15-14-24(23(28)18-3-4-18)22-13-19(7-10-21(22)25(15)16(2)27)17-5-8-20(9-6-17)31(29,30)12-11-26/h5-10,13,15,18,26H,3-4,11-12,14H2,1-2H3/t15-/m0/s1. The summed E-state index contributed by atoms with van der Waals surface area (Å²) in [6.07, 6.45) is 1.80. The first kappa shape index (κ1) is 21.5. The Balaban J connectivity index is 1.74. The molecule has 0 spiro atoms. The van der Waals surface area contributed by atoms with Gasteiger partial charge in [-0.15, -0.1) is 0 Å². The highest BCUT2D eigenvalue weighted by atomic mass is 32.2. The van der Waals surface area contributed by atoms with Gasteiger partial charge in [-0.05, 0) is 55.2 Å². The summed E-state index contributed by atoms with van der Waals surface area (Å²) in [7, 11) is -3.52. The van der Waals surface area contributed by atoms with Crippen LogP contribution in [0.1, 0.15) is 26.7 Å². The number of aliphatic hydroxyl groups excluding tert-OH is 1. The van der Waals surface area contributed by atoms with Crippen LogP contribution in [-0.4, -0.2) is 50.3 Å². The van der Waals surface area contributed by atoms with Gasteiger partial charge in [0.2, 0.25) is 11.8 Å². The molecule has 1 fully saturated rings. The Morgan fingerprint density at radius 2 is 1.68 bits per heavy atom. The molecule has 1 N–H and O–H groups in total. The number of sulfone groups is 1. The number of amides is 2. The first-order valence-electron chi connectivity index (χ1n) is 10.4. The predicted octanol–water partition coefficient (Wildman–Crippen LogP) is 2.62. The highest BCUT2D eigenvalue weighted by Crippen LogP contribution is 2.42. The van der Waals surface area contributed by atoms with Crippen molar-refractivity contribution < 1.29 is 23.1 Å². The van der Waals surface area contributed by atoms with Crippen molar-refractivity contribution >= 4 is 33.0 Å². The van der Waals surface area contributed by atoms with Crippen molar-refractivity contribution in [2.75, 3.05) is 28.7 Å². The minimum absolute atomic E-state index is 0.0589. The van der Waals surface area contributed by atoms with Crippen LogP contribution in [0, 0.1) is 5.92 Å². The van der Waals surface area contributed by atoms with Gasteiger partial charge < -0.3 is 14.9 Å². The number of rotatable bonds is 5. The summed E-state index contributed by atoms with van der Waals surface area (Å²) in [5.74, 6) is -0.233. The van der Waals surface area contributed by atoms with E-state index in [9.17, 15) is 18.0 Å². The predicted molar refractivity (Wildman–Crippen MR) is 119 cm³/mol. The summed E-state index contributed by atoms with van der Waals surface area (Å²) in [6.45, 7) is 3.49. The van der Waals surface area contributed by atoms with Gasteiger partial charge in [0.05, 0.1) is 34.7 Å². The number of hydrogen-bond acceptors (Lipinski definition) is 5. The second-order valence-electron chi connectivity index (χ2n) is 8.23. The molecule has 4 rings (SSSR count). The van der Waals surface area contributed by atoms with E-state index in [-0.39, 0.29) is 34.4 Å². The molecule has 1 saturated carbocycles. The van der Waals surface area contributed by atoms with Gasteiger partial charge in [-0.1, -0.05) is 18.2 Å². The normalized spacial score (nSPS) is 18.6. The SMILES string of the molecule is CC(=O)N1c2ccc(-c3ccc(S(=O)(=O)CCO)cc3)cc2N(C(=O)C2CC2)C[C@@H]1C. The van der Waals surface area contributed by atoms with Gasteiger partial charge in [-0.2, -0.15) is 0 Å². The quantitative estimate of drug-likeness (QED) is 0.768. The third kappa shape index (κ3) is 4.09. The average molecular weight is 443 g/mol. The van der Waals surface area contributed by atoms with E-state index < -0.39 is 16.4 Å². The van der Waals surface area contributed by atoms with Gasteiger partial charge in [0.25, 0.3) is 0 Å². The smallest absolute Gasteiger partial charge is 0.230 e. The van der Waals surface area contributed by atoms with Crippen LogP contribution in [-0.2, 0) is 19.4 Å². The van der Waals surface area contributed by atoms with Crippen molar-refractivity contribution in [2.45, 2.75) is 37.6 Å². The van der Waals surface area contributed by atoms with E-state index >= 15 is 0 Å². The van der Waals surface area contributed by atoms with Gasteiger partial charge in [0, 0.05) is 19.4 Å². The van der Waals surface area contributed by atoms with Gasteiger partial charge in [-0.3, -0.25) is 9.59 Å². The van der Waals surface area contributed by atoms with Crippen LogP contribution in [0.25, 0.3) is 11.1 Å². The number of benzene rings is 2. The lowest BCUT2D eigenvalue weighted by Crippen LogP contribution is -2.51. The average Bonchev–Trinajstić information content (AvgIpc) is 3.57. The molecular formula is C23H26N2O5S. The van der Waals surface area contributed by atoms with E-state index in [1.54, 1.807) is 21.9 Å². The molecule has 8 heteroatoms. The molecule has 2 aromatic rings. The number of hydrogen-bond donors (Lipinski definition) is 1. The first-order valence-corrected chi connectivity index (χ1v) is 12.1. The summed E-state index contributed by atoms with van der Waals surface area (Å²) in [4.78, 5) is 28.9. The fourth-order valence-corrected chi connectivity index (χ4v) is 5.16. The Morgan fingerprint density at radius 1 is 1.03 bits per heavy atom. The van der Waals surface area contributed by atoms with Crippen LogP contribution in [0.4, 0.5) is 11.4 Å². The summed E-state index contributed by atoms with van der Waals surface area (Å²) < 4.78 is 24.3. The van der Waals surface area contributed by atoms with Crippen molar-refractivity contribution in [1.29, 1.82) is 0 Å². The Labute approximate surface area is 182 Å². The van der Waals surface area contributed by atoms with Crippen LogP contribution < -0.4 is 9.80 Å². The van der Waals surface area contributed by atoms with E-state index in [1.165, 1.54) is 19.1 Å². The zero-order valence-electron chi connectivity index (χ0n) is 17.6. The Bertz CT molecular complexity index is 1120. The van der Waals surface area contributed by atoms with Crippen LogP contribution in [0.5, 0.6) is 0 Å². The van der Waals surface area contributed by atoms with Crippen molar-refractivity contribution in [3.8, 4) is 11.1 Å². The molecule has 0 radical (unpaired) electrons. The Morgan fingerprint density at radius 3 is 2.26 bits per heavy atom. The maximum absolute atomic E-state index is 12.9. The molecule has 1 aliphatic heterocycles. The number of nitrogens with zero attached hydrogens (tertiary/aromatic N) is 2. The summed E-state index contributed by atoms with van der Waals surface area (Å²) in [6, 6.07) is 12.0. The van der Waals surface area contributed by atoms with Crippen molar-refractivity contribution in [3.05, 3.63) is 42.5 Å². The van der Waals surface area contributed by atoms with E-state index in [0.29, 0.717) is 17.9 Å². The number of anilines is 2. The lowest BCUT2D eigenvalue weighted by Gasteiger charge is -2.41. The van der Waals surface area contributed by atoms with Gasteiger partial charge >= 0.3 is 0 Å². The maximum Gasteiger partial charge on any atom is 0.230 e. The minimum atomic E-state index is -3.52. The lowest BCUT2D eigenvalue weighted by atomic mass is 10.00. The van der Waals surface area contributed by atoms with Gasteiger partial charge in [0.1, 0.15) is 0 Å².